The van der Waals surface area contributed by atoms with Crippen LogP contribution in [0.2, 0.25) is 10.0 Å². The average Bonchev–Trinajstić information content (AvgIpc) is 2.69. The highest BCUT2D eigenvalue weighted by molar-refractivity contribution is 9.10. The first-order valence-electron chi connectivity index (χ1n) is 10.4. The highest BCUT2D eigenvalue weighted by Gasteiger charge is 2.32. The summed E-state index contributed by atoms with van der Waals surface area (Å²) in [6.45, 7) is 6.47. The first kappa shape index (κ1) is 28.4. The van der Waals surface area contributed by atoms with E-state index in [1.807, 2.05) is 20.8 Å². The van der Waals surface area contributed by atoms with E-state index in [9.17, 15) is 18.0 Å². The van der Waals surface area contributed by atoms with Crippen LogP contribution in [-0.2, 0) is 26.2 Å². The zero-order chi connectivity index (χ0) is 25.8. The van der Waals surface area contributed by atoms with Gasteiger partial charge in [-0.1, -0.05) is 51.3 Å². The Morgan fingerprint density at radius 2 is 1.65 bits per heavy atom. The molecule has 2 aromatic rings. The van der Waals surface area contributed by atoms with Crippen molar-refractivity contribution in [2.45, 2.75) is 45.8 Å². The summed E-state index contributed by atoms with van der Waals surface area (Å²) in [6, 6.07) is 10.6. The van der Waals surface area contributed by atoms with E-state index in [-0.39, 0.29) is 6.54 Å². The van der Waals surface area contributed by atoms with Crippen LogP contribution in [0, 0.1) is 0 Å². The molecule has 11 heteroatoms. The molecule has 0 fully saturated rings. The molecule has 0 unspecified atom stereocenters. The molecule has 0 heterocycles. The third kappa shape index (κ3) is 7.86. The van der Waals surface area contributed by atoms with Gasteiger partial charge in [-0.3, -0.25) is 13.9 Å². The summed E-state index contributed by atoms with van der Waals surface area (Å²) in [7, 11) is -3.81. The Bertz CT molecular complexity index is 1150. The molecule has 0 saturated heterocycles. The second kappa shape index (κ2) is 11.3. The lowest BCUT2D eigenvalue weighted by Crippen LogP contribution is -2.54. The van der Waals surface area contributed by atoms with E-state index in [1.54, 1.807) is 49.4 Å². The zero-order valence-corrected chi connectivity index (χ0v) is 23.5. The van der Waals surface area contributed by atoms with Gasteiger partial charge in [0.15, 0.2) is 0 Å². The van der Waals surface area contributed by atoms with E-state index < -0.39 is 40.0 Å². The van der Waals surface area contributed by atoms with Crippen molar-refractivity contribution in [3.05, 3.63) is 62.5 Å². The van der Waals surface area contributed by atoms with Crippen molar-refractivity contribution in [2.24, 2.45) is 0 Å². The highest BCUT2D eigenvalue weighted by atomic mass is 79.9. The van der Waals surface area contributed by atoms with Crippen LogP contribution in [0.4, 0.5) is 5.69 Å². The van der Waals surface area contributed by atoms with Crippen LogP contribution in [0.25, 0.3) is 0 Å². The number of hydrogen-bond acceptors (Lipinski definition) is 4. The Kier molecular flexibility index (Phi) is 9.44. The lowest BCUT2D eigenvalue weighted by Gasteiger charge is -2.33. The molecule has 0 aliphatic heterocycles. The van der Waals surface area contributed by atoms with E-state index in [0.29, 0.717) is 25.8 Å². The third-order valence-electron chi connectivity index (χ3n) is 4.83. The number of hydrogen-bond donors (Lipinski definition) is 1. The van der Waals surface area contributed by atoms with E-state index >= 15 is 0 Å². The van der Waals surface area contributed by atoms with Gasteiger partial charge in [0.1, 0.15) is 12.6 Å². The SMILES string of the molecule is C[C@@H](C(=O)NC(C)(C)C)N(Cc1c(Cl)cccc1Cl)C(=O)CN(c1cccc(Br)c1)S(C)(=O)=O. The molecule has 186 valence electrons. The Morgan fingerprint density at radius 1 is 1.09 bits per heavy atom. The van der Waals surface area contributed by atoms with E-state index in [2.05, 4.69) is 21.2 Å². The van der Waals surface area contributed by atoms with Gasteiger partial charge >= 0.3 is 0 Å². The van der Waals surface area contributed by atoms with Gasteiger partial charge in [0, 0.05) is 32.2 Å². The third-order valence-corrected chi connectivity index (χ3v) is 7.17. The van der Waals surface area contributed by atoms with Crippen LogP contribution in [0.15, 0.2) is 46.9 Å². The molecule has 1 N–H and O–H groups in total. The molecule has 7 nitrogen and oxygen atoms in total. The fourth-order valence-electron chi connectivity index (χ4n) is 3.16. The van der Waals surface area contributed by atoms with Crippen LogP contribution < -0.4 is 9.62 Å². The van der Waals surface area contributed by atoms with Crippen LogP contribution in [0.3, 0.4) is 0 Å². The van der Waals surface area contributed by atoms with Crippen molar-refractivity contribution in [3.8, 4) is 0 Å². The zero-order valence-electron chi connectivity index (χ0n) is 19.6. The van der Waals surface area contributed by atoms with Crippen molar-refractivity contribution < 1.29 is 18.0 Å². The molecule has 34 heavy (non-hydrogen) atoms. The quantitative estimate of drug-likeness (QED) is 0.474. The second-order valence-corrected chi connectivity index (χ2v) is 12.5. The van der Waals surface area contributed by atoms with Gasteiger partial charge in [0.05, 0.1) is 11.9 Å². The minimum atomic E-state index is -3.81. The summed E-state index contributed by atoms with van der Waals surface area (Å²) in [6.07, 6.45) is 1.02. The number of nitrogens with zero attached hydrogens (tertiary/aromatic N) is 2. The first-order valence-corrected chi connectivity index (χ1v) is 13.8. The van der Waals surface area contributed by atoms with Crippen LogP contribution in [-0.4, -0.2) is 49.5 Å². The van der Waals surface area contributed by atoms with Crippen LogP contribution in [0.1, 0.15) is 33.3 Å². The van der Waals surface area contributed by atoms with Crippen molar-refractivity contribution in [3.63, 3.8) is 0 Å². The van der Waals surface area contributed by atoms with Crippen molar-refractivity contribution >= 4 is 66.7 Å². The van der Waals surface area contributed by atoms with Gasteiger partial charge in [-0.15, -0.1) is 0 Å². The van der Waals surface area contributed by atoms with Crippen molar-refractivity contribution in [1.82, 2.24) is 10.2 Å². The molecule has 0 bridgehead atoms. The molecular weight excluding hydrogens is 565 g/mol. The number of nitrogens with one attached hydrogen (secondary N) is 1. The van der Waals surface area contributed by atoms with Gasteiger partial charge in [-0.2, -0.15) is 0 Å². The highest BCUT2D eigenvalue weighted by Crippen LogP contribution is 2.27. The minimum absolute atomic E-state index is 0.0772. The molecular formula is C23H28BrCl2N3O4S. The number of anilines is 1. The molecule has 0 aliphatic rings. The maximum absolute atomic E-state index is 13.5. The lowest BCUT2D eigenvalue weighted by atomic mass is 10.1. The van der Waals surface area contributed by atoms with Gasteiger partial charge < -0.3 is 10.2 Å². The van der Waals surface area contributed by atoms with E-state index in [4.69, 9.17) is 23.2 Å². The normalized spacial score (nSPS) is 12.7. The monoisotopic (exact) mass is 591 g/mol. The number of rotatable bonds is 8. The Labute approximate surface area is 219 Å². The Morgan fingerprint density at radius 3 is 2.15 bits per heavy atom. The fraction of sp³-hybridized carbons (Fsp3) is 0.391. The first-order chi connectivity index (χ1) is 15.6. The fourth-order valence-corrected chi connectivity index (χ4v) is 4.90. The van der Waals surface area contributed by atoms with E-state index in [1.165, 1.54) is 4.90 Å². The number of carbonyl (C=O) groups is 2. The Hall–Kier alpha value is -1.81. The number of carbonyl (C=O) groups excluding carboxylic acids is 2. The molecule has 2 amide bonds. The molecule has 2 aromatic carbocycles. The standard InChI is InChI=1S/C23H28BrCl2N3O4S/c1-15(22(31)27-23(2,3)4)28(13-18-19(25)10-7-11-20(18)26)21(30)14-29(34(5,32)33)17-9-6-8-16(24)12-17/h6-12,15H,13-14H2,1-5H3,(H,27,31)/t15-/m0/s1. The summed E-state index contributed by atoms with van der Waals surface area (Å²) >= 11 is 16.0. The van der Waals surface area contributed by atoms with Gasteiger partial charge in [0.2, 0.25) is 21.8 Å². The number of amides is 2. The summed E-state index contributed by atoms with van der Waals surface area (Å²) in [4.78, 5) is 27.8. The largest absolute Gasteiger partial charge is 0.350 e. The molecule has 0 radical (unpaired) electrons. The van der Waals surface area contributed by atoms with Crippen molar-refractivity contribution in [2.75, 3.05) is 17.1 Å². The average molecular weight is 593 g/mol. The van der Waals surface area contributed by atoms with Gasteiger partial charge in [0.25, 0.3) is 0 Å². The smallest absolute Gasteiger partial charge is 0.244 e. The number of benzene rings is 2. The van der Waals surface area contributed by atoms with Crippen LogP contribution in [0.5, 0.6) is 0 Å². The predicted octanol–water partition coefficient (Wildman–Crippen LogP) is 4.85. The summed E-state index contributed by atoms with van der Waals surface area (Å²) in [5, 5.41) is 3.52. The topological polar surface area (TPSA) is 86.8 Å². The van der Waals surface area contributed by atoms with Crippen LogP contribution >= 0.6 is 39.1 Å². The van der Waals surface area contributed by atoms with Gasteiger partial charge in [-0.25, -0.2) is 8.42 Å². The summed E-state index contributed by atoms with van der Waals surface area (Å²) < 4.78 is 26.8. The van der Waals surface area contributed by atoms with E-state index in [0.717, 1.165) is 10.6 Å². The molecule has 2 rings (SSSR count). The minimum Gasteiger partial charge on any atom is -0.350 e. The summed E-state index contributed by atoms with van der Waals surface area (Å²) in [5.74, 6) is -0.977. The second-order valence-electron chi connectivity index (χ2n) is 8.89. The van der Waals surface area contributed by atoms with Gasteiger partial charge in [-0.05, 0) is 58.0 Å². The molecule has 0 saturated carbocycles. The number of halogens is 3. The predicted molar refractivity (Wildman–Crippen MR) is 141 cm³/mol. The summed E-state index contributed by atoms with van der Waals surface area (Å²) in [5.41, 5.74) is 0.243. The number of sulfonamides is 1. The maximum Gasteiger partial charge on any atom is 0.244 e. The molecule has 1 atom stereocenters. The Balaban J connectivity index is 2.47. The lowest BCUT2D eigenvalue weighted by molar-refractivity contribution is -0.140. The molecule has 0 aromatic heterocycles. The van der Waals surface area contributed by atoms with Crippen molar-refractivity contribution in [1.29, 1.82) is 0 Å². The molecule has 0 spiro atoms. The maximum atomic E-state index is 13.5. The molecule has 0 aliphatic carbocycles.